The Hall–Kier alpha value is -2.44. The topological polar surface area (TPSA) is 64.4 Å². The molecule has 0 unspecified atom stereocenters. The van der Waals surface area contributed by atoms with Crippen LogP contribution >= 0.6 is 0 Å². The lowest BCUT2D eigenvalue weighted by Crippen LogP contribution is -2.03. The van der Waals surface area contributed by atoms with Crippen LogP contribution in [0.2, 0.25) is 0 Å². The van der Waals surface area contributed by atoms with E-state index in [4.69, 9.17) is 5.11 Å². The lowest BCUT2D eigenvalue weighted by molar-refractivity contribution is -0.0498. The second-order valence-corrected chi connectivity index (χ2v) is 3.74. The Balaban J connectivity index is 2.47. The van der Waals surface area contributed by atoms with Crippen molar-refractivity contribution in [3.8, 4) is 17.0 Å². The number of rotatable bonds is 4. The van der Waals surface area contributed by atoms with E-state index in [1.807, 2.05) is 0 Å². The molecule has 1 heterocycles. The molecule has 5 nitrogen and oxygen atoms in total. The Morgan fingerprint density at radius 2 is 2.21 bits per heavy atom. The van der Waals surface area contributed by atoms with Gasteiger partial charge in [-0.15, -0.1) is 0 Å². The van der Waals surface area contributed by atoms with Crippen LogP contribution in [-0.4, -0.2) is 27.5 Å². The van der Waals surface area contributed by atoms with E-state index in [-0.39, 0.29) is 11.3 Å². The number of hydrogen-bond acceptors (Lipinski definition) is 3. The summed E-state index contributed by atoms with van der Waals surface area (Å²) in [5.41, 5.74) is 0.763. The molecule has 0 spiro atoms. The number of carbonyl (C=O) groups is 1. The summed E-state index contributed by atoms with van der Waals surface area (Å²) in [6.07, 6.45) is 1.21. The van der Waals surface area contributed by atoms with Crippen LogP contribution in [0.5, 0.6) is 5.75 Å². The zero-order chi connectivity index (χ0) is 14.0. The predicted octanol–water partition coefficient (Wildman–Crippen LogP) is 2.39. The minimum Gasteiger partial charge on any atom is -0.478 e. The summed E-state index contributed by atoms with van der Waals surface area (Å²) in [5.74, 6) is -1.17. The Morgan fingerprint density at radius 1 is 1.47 bits per heavy atom. The van der Waals surface area contributed by atoms with Crippen molar-refractivity contribution < 1.29 is 23.4 Å². The maximum atomic E-state index is 12.1. The van der Waals surface area contributed by atoms with Gasteiger partial charge in [-0.3, -0.25) is 4.68 Å². The van der Waals surface area contributed by atoms with Gasteiger partial charge in [0.15, 0.2) is 0 Å². The van der Waals surface area contributed by atoms with Gasteiger partial charge in [0.05, 0.1) is 11.9 Å². The molecule has 7 heteroatoms. The molecule has 19 heavy (non-hydrogen) atoms. The van der Waals surface area contributed by atoms with Crippen LogP contribution in [0.3, 0.4) is 0 Å². The summed E-state index contributed by atoms with van der Waals surface area (Å²) in [5, 5.41) is 12.9. The van der Waals surface area contributed by atoms with Gasteiger partial charge in [0.1, 0.15) is 11.3 Å². The average molecular weight is 268 g/mol. The quantitative estimate of drug-likeness (QED) is 0.924. The standard InChI is InChI=1S/C12H10F2N2O3/c1-16-10(9(6-15-16)11(17)18)7-3-2-4-8(5-7)19-12(13)14/h2-6,12H,1H3,(H,17,18). The van der Waals surface area contributed by atoms with Crippen LogP contribution in [0, 0.1) is 0 Å². The molecule has 0 amide bonds. The van der Waals surface area contributed by atoms with E-state index in [0.717, 1.165) is 0 Å². The first kappa shape index (κ1) is 13.0. The highest BCUT2D eigenvalue weighted by Gasteiger charge is 2.17. The molecule has 0 radical (unpaired) electrons. The van der Waals surface area contributed by atoms with Crippen molar-refractivity contribution in [2.45, 2.75) is 6.61 Å². The number of halogens is 2. The van der Waals surface area contributed by atoms with E-state index < -0.39 is 12.6 Å². The number of aryl methyl sites for hydroxylation is 1. The molecule has 0 aliphatic heterocycles. The van der Waals surface area contributed by atoms with Crippen LogP contribution in [0.15, 0.2) is 30.5 Å². The Bertz CT molecular complexity index is 611. The molecule has 0 saturated carbocycles. The van der Waals surface area contributed by atoms with Gasteiger partial charge in [0.2, 0.25) is 0 Å². The molecule has 0 aliphatic carbocycles. The zero-order valence-electron chi connectivity index (χ0n) is 9.88. The molecular formula is C12H10F2N2O3. The van der Waals surface area contributed by atoms with E-state index >= 15 is 0 Å². The summed E-state index contributed by atoms with van der Waals surface area (Å²) in [4.78, 5) is 11.1. The first-order valence-electron chi connectivity index (χ1n) is 5.29. The highest BCUT2D eigenvalue weighted by molar-refractivity contribution is 5.94. The fourth-order valence-electron chi connectivity index (χ4n) is 1.76. The van der Waals surface area contributed by atoms with Crippen molar-refractivity contribution in [3.63, 3.8) is 0 Å². The highest BCUT2D eigenvalue weighted by Crippen LogP contribution is 2.27. The molecule has 100 valence electrons. The number of alkyl halides is 2. The van der Waals surface area contributed by atoms with E-state index in [0.29, 0.717) is 11.3 Å². The van der Waals surface area contributed by atoms with Crippen LogP contribution in [0.4, 0.5) is 8.78 Å². The summed E-state index contributed by atoms with van der Waals surface area (Å²) in [7, 11) is 1.57. The number of carboxylic acid groups (broad SMARTS) is 1. The van der Waals surface area contributed by atoms with Crippen molar-refractivity contribution in [3.05, 3.63) is 36.0 Å². The fourth-order valence-corrected chi connectivity index (χ4v) is 1.76. The van der Waals surface area contributed by atoms with E-state index in [1.54, 1.807) is 13.1 Å². The third-order valence-electron chi connectivity index (χ3n) is 2.50. The fraction of sp³-hybridized carbons (Fsp3) is 0.167. The number of aromatic nitrogens is 2. The van der Waals surface area contributed by atoms with Crippen LogP contribution < -0.4 is 4.74 Å². The van der Waals surface area contributed by atoms with Gasteiger partial charge >= 0.3 is 12.6 Å². The maximum Gasteiger partial charge on any atom is 0.387 e. The predicted molar refractivity (Wildman–Crippen MR) is 62.2 cm³/mol. The zero-order valence-corrected chi connectivity index (χ0v) is 9.88. The number of benzene rings is 1. The molecule has 2 aromatic rings. The normalized spacial score (nSPS) is 10.7. The molecule has 1 aromatic carbocycles. The molecule has 0 aliphatic rings. The van der Waals surface area contributed by atoms with Gasteiger partial charge < -0.3 is 9.84 Å². The van der Waals surface area contributed by atoms with Gasteiger partial charge in [0.25, 0.3) is 0 Å². The number of ether oxygens (including phenoxy) is 1. The molecule has 1 aromatic heterocycles. The summed E-state index contributed by atoms with van der Waals surface area (Å²) < 4.78 is 29.9. The van der Waals surface area contributed by atoms with Crippen LogP contribution in [-0.2, 0) is 7.05 Å². The monoisotopic (exact) mass is 268 g/mol. The number of hydrogen-bond donors (Lipinski definition) is 1. The Labute approximate surface area is 107 Å². The minimum absolute atomic E-state index is 0.00306. The van der Waals surface area contributed by atoms with Crippen molar-refractivity contribution in [2.75, 3.05) is 0 Å². The van der Waals surface area contributed by atoms with Gasteiger partial charge in [-0.1, -0.05) is 12.1 Å². The first-order chi connectivity index (χ1) is 8.99. The van der Waals surface area contributed by atoms with Crippen molar-refractivity contribution in [1.82, 2.24) is 9.78 Å². The molecule has 0 fully saturated rings. The third-order valence-corrected chi connectivity index (χ3v) is 2.50. The van der Waals surface area contributed by atoms with Crippen LogP contribution in [0.1, 0.15) is 10.4 Å². The van der Waals surface area contributed by atoms with Crippen molar-refractivity contribution in [1.29, 1.82) is 0 Å². The summed E-state index contributed by atoms with van der Waals surface area (Å²) in [6, 6.07) is 5.82. The van der Waals surface area contributed by atoms with Crippen molar-refractivity contribution >= 4 is 5.97 Å². The molecule has 2 rings (SSSR count). The second-order valence-electron chi connectivity index (χ2n) is 3.74. The Kier molecular flexibility index (Phi) is 3.46. The maximum absolute atomic E-state index is 12.1. The van der Waals surface area contributed by atoms with E-state index in [2.05, 4.69) is 9.84 Å². The molecule has 0 bridgehead atoms. The number of carboxylic acids is 1. The lowest BCUT2D eigenvalue weighted by Gasteiger charge is -2.08. The second kappa shape index (κ2) is 5.05. The summed E-state index contributed by atoms with van der Waals surface area (Å²) in [6.45, 7) is -2.93. The van der Waals surface area contributed by atoms with Gasteiger partial charge in [-0.2, -0.15) is 13.9 Å². The molecule has 0 atom stereocenters. The first-order valence-corrected chi connectivity index (χ1v) is 5.29. The average Bonchev–Trinajstić information content (AvgIpc) is 2.70. The largest absolute Gasteiger partial charge is 0.478 e. The highest BCUT2D eigenvalue weighted by atomic mass is 19.3. The minimum atomic E-state index is -2.93. The SMILES string of the molecule is Cn1ncc(C(=O)O)c1-c1cccc(OC(F)F)c1. The number of aromatic carboxylic acids is 1. The van der Waals surface area contributed by atoms with Crippen LogP contribution in [0.25, 0.3) is 11.3 Å². The number of nitrogens with zero attached hydrogens (tertiary/aromatic N) is 2. The molecule has 1 N–H and O–H groups in total. The van der Waals surface area contributed by atoms with E-state index in [9.17, 15) is 13.6 Å². The molecule has 0 saturated heterocycles. The van der Waals surface area contributed by atoms with Crippen molar-refractivity contribution in [2.24, 2.45) is 7.05 Å². The lowest BCUT2D eigenvalue weighted by atomic mass is 10.1. The summed E-state index contributed by atoms with van der Waals surface area (Å²) >= 11 is 0. The Morgan fingerprint density at radius 3 is 2.84 bits per heavy atom. The van der Waals surface area contributed by atoms with Gasteiger partial charge in [0, 0.05) is 12.6 Å². The van der Waals surface area contributed by atoms with E-state index in [1.165, 1.54) is 29.1 Å². The third kappa shape index (κ3) is 2.70. The van der Waals surface area contributed by atoms with Gasteiger partial charge in [-0.25, -0.2) is 4.79 Å². The smallest absolute Gasteiger partial charge is 0.387 e. The molecular weight excluding hydrogens is 258 g/mol. The van der Waals surface area contributed by atoms with Gasteiger partial charge in [-0.05, 0) is 12.1 Å².